The summed E-state index contributed by atoms with van der Waals surface area (Å²) in [5.74, 6) is -0.709. The molecule has 0 aromatic carbocycles. The van der Waals surface area contributed by atoms with Crippen molar-refractivity contribution >= 4 is 12.0 Å². The Kier molecular flexibility index (Phi) is 2.89. The van der Waals surface area contributed by atoms with Crippen LogP contribution < -0.4 is 5.73 Å². The van der Waals surface area contributed by atoms with E-state index >= 15 is 0 Å². The quantitative estimate of drug-likeness (QED) is 0.589. The Balaban J connectivity index is 3.29. The fraction of sp³-hybridized carbons (Fsp3) is 0.800. The molecule has 2 atom stereocenters. The van der Waals surface area contributed by atoms with Gasteiger partial charge in [-0.15, -0.1) is 0 Å². The van der Waals surface area contributed by atoms with E-state index in [-0.39, 0.29) is 13.0 Å². The van der Waals surface area contributed by atoms with Crippen LogP contribution in [-0.2, 0) is 4.79 Å². The molecule has 6 nitrogen and oxygen atoms in total. The minimum Gasteiger partial charge on any atom is -0.465 e. The fourth-order valence-electron chi connectivity index (χ4n) is 2.44. The summed E-state index contributed by atoms with van der Waals surface area (Å²) in [6.45, 7) is 5.15. The molecule has 0 saturated carbocycles. The van der Waals surface area contributed by atoms with Crippen LogP contribution in [0.3, 0.4) is 0 Å². The second-order valence-corrected chi connectivity index (χ2v) is 5.23. The normalized spacial score (nSPS) is 30.5. The topological polar surface area (TPSA) is 104 Å². The number of nitrogens with two attached hydrogens (primary N) is 1. The van der Waals surface area contributed by atoms with Gasteiger partial charge < -0.3 is 15.9 Å². The lowest BCUT2D eigenvalue weighted by molar-refractivity contribution is -0.134. The molecule has 6 heteroatoms. The van der Waals surface area contributed by atoms with Crippen LogP contribution >= 0.6 is 0 Å². The number of carbonyl (C=O) groups excluding carboxylic acids is 1. The lowest BCUT2D eigenvalue weighted by atomic mass is 9.71. The van der Waals surface area contributed by atoms with Gasteiger partial charge in [0.25, 0.3) is 0 Å². The summed E-state index contributed by atoms with van der Waals surface area (Å²) in [6.07, 6.45) is -2.02. The molecule has 1 aliphatic heterocycles. The number of rotatable bonds is 1. The molecule has 1 aliphatic rings. The van der Waals surface area contributed by atoms with E-state index < -0.39 is 29.1 Å². The highest BCUT2D eigenvalue weighted by Crippen LogP contribution is 2.43. The van der Waals surface area contributed by atoms with Crippen molar-refractivity contribution in [2.45, 2.75) is 38.8 Å². The largest absolute Gasteiger partial charge is 0.465 e. The number of aliphatic hydroxyl groups excluding tert-OH is 1. The highest BCUT2D eigenvalue weighted by molar-refractivity contribution is 5.90. The van der Waals surface area contributed by atoms with Gasteiger partial charge >= 0.3 is 6.09 Å². The Morgan fingerprint density at radius 3 is 2.19 bits per heavy atom. The third-order valence-electron chi connectivity index (χ3n) is 3.26. The summed E-state index contributed by atoms with van der Waals surface area (Å²) in [4.78, 5) is 23.7. The SMILES string of the molecule is CC(C)(C)[C@]1(C(N)=O)C[C@@H](O)CN1C(=O)O. The van der Waals surface area contributed by atoms with E-state index in [1.54, 1.807) is 20.8 Å². The maximum Gasteiger partial charge on any atom is 0.408 e. The molecule has 92 valence electrons. The van der Waals surface area contributed by atoms with Gasteiger partial charge in [-0.25, -0.2) is 4.79 Å². The Morgan fingerprint density at radius 2 is 1.94 bits per heavy atom. The number of nitrogens with zero attached hydrogens (tertiary/aromatic N) is 1. The Bertz CT molecular complexity index is 323. The van der Waals surface area contributed by atoms with E-state index in [4.69, 9.17) is 10.8 Å². The number of aliphatic hydroxyl groups is 1. The van der Waals surface area contributed by atoms with Crippen molar-refractivity contribution in [3.05, 3.63) is 0 Å². The van der Waals surface area contributed by atoms with Gasteiger partial charge in [-0.2, -0.15) is 0 Å². The molecule has 0 aromatic heterocycles. The van der Waals surface area contributed by atoms with Crippen LogP contribution in [-0.4, -0.2) is 45.3 Å². The van der Waals surface area contributed by atoms with Gasteiger partial charge in [-0.05, 0) is 5.41 Å². The van der Waals surface area contributed by atoms with Gasteiger partial charge in [-0.3, -0.25) is 9.69 Å². The summed E-state index contributed by atoms with van der Waals surface area (Å²) in [5.41, 5.74) is 3.36. The van der Waals surface area contributed by atoms with E-state index in [0.29, 0.717) is 0 Å². The van der Waals surface area contributed by atoms with Gasteiger partial charge in [-0.1, -0.05) is 20.8 Å². The maximum atomic E-state index is 11.6. The minimum atomic E-state index is -1.34. The van der Waals surface area contributed by atoms with E-state index in [1.165, 1.54) is 0 Å². The first kappa shape index (κ1) is 12.8. The third-order valence-corrected chi connectivity index (χ3v) is 3.26. The molecule has 0 spiro atoms. The van der Waals surface area contributed by atoms with Crippen LogP contribution in [0.15, 0.2) is 0 Å². The third kappa shape index (κ3) is 1.63. The number of carboxylic acid groups (broad SMARTS) is 1. The molecule has 4 N–H and O–H groups in total. The smallest absolute Gasteiger partial charge is 0.408 e. The van der Waals surface area contributed by atoms with Gasteiger partial charge in [0.1, 0.15) is 5.54 Å². The van der Waals surface area contributed by atoms with Crippen LogP contribution in [0.2, 0.25) is 0 Å². The molecule has 1 rings (SSSR count). The fourth-order valence-corrected chi connectivity index (χ4v) is 2.44. The summed E-state index contributed by atoms with van der Waals surface area (Å²) in [6, 6.07) is 0. The molecular formula is C10H18N2O4. The zero-order chi connectivity index (χ0) is 12.7. The first-order chi connectivity index (χ1) is 7.13. The van der Waals surface area contributed by atoms with Crippen molar-refractivity contribution in [2.75, 3.05) is 6.54 Å². The minimum absolute atomic E-state index is 0.0537. The first-order valence-corrected chi connectivity index (χ1v) is 5.11. The zero-order valence-corrected chi connectivity index (χ0v) is 9.73. The number of amides is 2. The molecule has 0 unspecified atom stereocenters. The van der Waals surface area contributed by atoms with Crippen LogP contribution in [0.4, 0.5) is 4.79 Å². The molecule has 16 heavy (non-hydrogen) atoms. The standard InChI is InChI=1S/C10H18N2O4/c1-9(2,3)10(7(11)14)4-6(13)5-12(10)8(15)16/h6,13H,4-5H2,1-3H3,(H2,11,14)(H,15,16)/t6-,10-/m1/s1. The van der Waals surface area contributed by atoms with Crippen molar-refractivity contribution in [1.82, 2.24) is 4.90 Å². The first-order valence-electron chi connectivity index (χ1n) is 5.11. The summed E-state index contributed by atoms with van der Waals surface area (Å²) in [7, 11) is 0. The second-order valence-electron chi connectivity index (χ2n) is 5.23. The molecule has 0 bridgehead atoms. The molecule has 0 aromatic rings. The molecule has 0 aliphatic carbocycles. The predicted octanol–water partition coefficient (Wildman–Crippen LogP) is 0.00120. The number of primary amides is 1. The second kappa shape index (κ2) is 3.62. The van der Waals surface area contributed by atoms with E-state index in [2.05, 4.69) is 0 Å². The number of hydrogen-bond acceptors (Lipinski definition) is 3. The highest BCUT2D eigenvalue weighted by atomic mass is 16.4. The molecule has 1 fully saturated rings. The Labute approximate surface area is 94.0 Å². The number of likely N-dealkylation sites (tertiary alicyclic amines) is 1. The van der Waals surface area contributed by atoms with Crippen molar-refractivity contribution in [3.8, 4) is 0 Å². The van der Waals surface area contributed by atoms with Crippen molar-refractivity contribution in [2.24, 2.45) is 11.1 Å². The van der Waals surface area contributed by atoms with Crippen LogP contribution in [0.5, 0.6) is 0 Å². The zero-order valence-electron chi connectivity index (χ0n) is 9.73. The van der Waals surface area contributed by atoms with Crippen molar-refractivity contribution < 1.29 is 19.8 Å². The van der Waals surface area contributed by atoms with Gasteiger partial charge in [0.15, 0.2) is 0 Å². The highest BCUT2D eigenvalue weighted by Gasteiger charge is 2.58. The predicted molar refractivity (Wildman–Crippen MR) is 56.7 cm³/mol. The monoisotopic (exact) mass is 230 g/mol. The molecule has 0 radical (unpaired) electrons. The number of carbonyl (C=O) groups is 2. The van der Waals surface area contributed by atoms with Crippen LogP contribution in [0.25, 0.3) is 0 Å². The molecule has 1 saturated heterocycles. The maximum absolute atomic E-state index is 11.6. The summed E-state index contributed by atoms with van der Waals surface area (Å²) < 4.78 is 0. The molecule has 1 heterocycles. The lowest BCUT2D eigenvalue weighted by Crippen LogP contribution is -2.62. The summed E-state index contributed by atoms with van der Waals surface area (Å²) >= 11 is 0. The van der Waals surface area contributed by atoms with Crippen LogP contribution in [0, 0.1) is 5.41 Å². The lowest BCUT2D eigenvalue weighted by Gasteiger charge is -2.43. The van der Waals surface area contributed by atoms with E-state index in [0.717, 1.165) is 4.90 Å². The average Bonchev–Trinajstić information content (AvgIpc) is 2.42. The molecule has 2 amide bonds. The van der Waals surface area contributed by atoms with Crippen molar-refractivity contribution in [1.29, 1.82) is 0 Å². The molecular weight excluding hydrogens is 212 g/mol. The number of β-amino-alcohol motifs (C(OH)–C–C–N with tert-alkyl or cyclic N) is 1. The Hall–Kier alpha value is -1.30. The van der Waals surface area contributed by atoms with Gasteiger partial charge in [0.05, 0.1) is 12.6 Å². The van der Waals surface area contributed by atoms with Crippen molar-refractivity contribution in [3.63, 3.8) is 0 Å². The van der Waals surface area contributed by atoms with Gasteiger partial charge in [0.2, 0.25) is 5.91 Å². The van der Waals surface area contributed by atoms with Crippen LogP contribution in [0.1, 0.15) is 27.2 Å². The average molecular weight is 230 g/mol. The van der Waals surface area contributed by atoms with Gasteiger partial charge in [0, 0.05) is 6.42 Å². The van der Waals surface area contributed by atoms with E-state index in [9.17, 15) is 14.7 Å². The Morgan fingerprint density at radius 1 is 1.44 bits per heavy atom. The van der Waals surface area contributed by atoms with E-state index in [1.807, 2.05) is 0 Å². The number of hydrogen-bond donors (Lipinski definition) is 3. The summed E-state index contributed by atoms with van der Waals surface area (Å²) in [5, 5.41) is 18.7.